The van der Waals surface area contributed by atoms with Gasteiger partial charge in [0.1, 0.15) is 12.1 Å². The maximum Gasteiger partial charge on any atom is 0.239 e. The van der Waals surface area contributed by atoms with Crippen LogP contribution in [0.3, 0.4) is 0 Å². The van der Waals surface area contributed by atoms with Crippen molar-refractivity contribution in [2.75, 3.05) is 26.2 Å². The molecule has 2 saturated heterocycles. The van der Waals surface area contributed by atoms with Crippen LogP contribution in [0.1, 0.15) is 13.8 Å². The third kappa shape index (κ3) is 3.41. The van der Waals surface area contributed by atoms with Gasteiger partial charge in [-0.05, 0) is 13.8 Å². The van der Waals surface area contributed by atoms with Crippen LogP contribution in [0.15, 0.2) is 0 Å². The number of rotatable bonds is 3. The Morgan fingerprint density at radius 1 is 1.56 bits per heavy atom. The molecule has 2 aliphatic rings. The predicted molar refractivity (Wildman–Crippen MR) is 62.7 cm³/mol. The van der Waals surface area contributed by atoms with Crippen LogP contribution >= 0.6 is 0 Å². The molecule has 2 atom stereocenters. The summed E-state index contributed by atoms with van der Waals surface area (Å²) in [6.45, 7) is 5.06. The molecule has 0 aromatic heterocycles. The van der Waals surface area contributed by atoms with Gasteiger partial charge < -0.3 is 20.1 Å². The lowest BCUT2D eigenvalue weighted by Crippen LogP contribution is -2.58. The Hall–Kier alpha value is -1.18. The highest BCUT2D eigenvalue weighted by atomic mass is 16.7. The molecule has 3 N–H and O–H groups in total. The van der Waals surface area contributed by atoms with Crippen molar-refractivity contribution in [1.82, 2.24) is 16.0 Å². The topological polar surface area (TPSA) is 88.7 Å². The van der Waals surface area contributed by atoms with Crippen LogP contribution in [0.2, 0.25) is 0 Å². The number of hydrogen-bond donors (Lipinski definition) is 3. The number of ether oxygens (including phenoxy) is 2. The third-order valence-corrected chi connectivity index (χ3v) is 2.90. The quantitative estimate of drug-likeness (QED) is 0.563. The molecule has 7 nitrogen and oxygen atoms in total. The Morgan fingerprint density at radius 2 is 2.33 bits per heavy atom. The van der Waals surface area contributed by atoms with Gasteiger partial charge in [0.2, 0.25) is 11.8 Å². The van der Waals surface area contributed by atoms with E-state index < -0.39 is 5.79 Å². The number of piperazine rings is 1. The number of hydrogen-bond acceptors (Lipinski definition) is 5. The molecule has 18 heavy (non-hydrogen) atoms. The van der Waals surface area contributed by atoms with Crippen molar-refractivity contribution in [1.29, 1.82) is 0 Å². The van der Waals surface area contributed by atoms with Crippen LogP contribution in [0, 0.1) is 0 Å². The lowest BCUT2D eigenvalue weighted by Gasteiger charge is -2.24. The van der Waals surface area contributed by atoms with E-state index in [2.05, 4.69) is 16.0 Å². The van der Waals surface area contributed by atoms with Gasteiger partial charge in [0.05, 0.1) is 13.2 Å². The lowest BCUT2D eigenvalue weighted by molar-refractivity contribution is -0.140. The molecule has 0 bridgehead atoms. The molecule has 0 spiro atoms. The zero-order valence-electron chi connectivity index (χ0n) is 10.6. The van der Waals surface area contributed by atoms with Gasteiger partial charge in [-0.25, -0.2) is 0 Å². The van der Waals surface area contributed by atoms with Crippen molar-refractivity contribution in [3.05, 3.63) is 0 Å². The molecule has 102 valence electrons. The predicted octanol–water partition coefficient (Wildman–Crippen LogP) is -1.66. The summed E-state index contributed by atoms with van der Waals surface area (Å²) < 4.78 is 11.0. The molecule has 0 aliphatic carbocycles. The molecule has 0 aromatic carbocycles. The van der Waals surface area contributed by atoms with Gasteiger partial charge in [0, 0.05) is 13.1 Å². The smallest absolute Gasteiger partial charge is 0.239 e. The zero-order valence-corrected chi connectivity index (χ0v) is 10.6. The van der Waals surface area contributed by atoms with Gasteiger partial charge in [-0.2, -0.15) is 0 Å². The highest BCUT2D eigenvalue weighted by molar-refractivity contribution is 5.86. The van der Waals surface area contributed by atoms with Gasteiger partial charge in [-0.3, -0.25) is 14.9 Å². The molecule has 2 aliphatic heterocycles. The summed E-state index contributed by atoms with van der Waals surface area (Å²) >= 11 is 0. The van der Waals surface area contributed by atoms with E-state index >= 15 is 0 Å². The highest BCUT2D eigenvalue weighted by Gasteiger charge is 2.33. The average Bonchev–Trinajstić information content (AvgIpc) is 2.67. The second kappa shape index (κ2) is 5.21. The Labute approximate surface area is 106 Å². The van der Waals surface area contributed by atoms with Crippen LogP contribution in [-0.2, 0) is 19.1 Å². The minimum Gasteiger partial charge on any atom is -0.353 e. The summed E-state index contributed by atoms with van der Waals surface area (Å²) in [5, 5.41) is 8.29. The number of carbonyl (C=O) groups is 2. The molecule has 2 heterocycles. The number of nitrogens with one attached hydrogen (secondary N) is 3. The minimum atomic E-state index is -0.577. The fourth-order valence-corrected chi connectivity index (χ4v) is 1.95. The van der Waals surface area contributed by atoms with E-state index in [0.29, 0.717) is 19.7 Å². The third-order valence-electron chi connectivity index (χ3n) is 2.90. The fourth-order valence-electron chi connectivity index (χ4n) is 1.95. The normalized spacial score (nSPS) is 30.9. The Bertz CT molecular complexity index is 335. The minimum absolute atomic E-state index is 0.0895. The number of amides is 2. The van der Waals surface area contributed by atoms with Crippen LogP contribution in [0.5, 0.6) is 0 Å². The summed E-state index contributed by atoms with van der Waals surface area (Å²) in [7, 11) is 0. The lowest BCUT2D eigenvalue weighted by atomic mass is 10.2. The summed E-state index contributed by atoms with van der Waals surface area (Å²) in [6, 6.07) is -0.377. The second-order valence-corrected chi connectivity index (χ2v) is 4.93. The maximum atomic E-state index is 11.8. The fraction of sp³-hybridized carbons (Fsp3) is 0.818. The van der Waals surface area contributed by atoms with Crippen molar-refractivity contribution < 1.29 is 19.1 Å². The van der Waals surface area contributed by atoms with Crippen LogP contribution in [-0.4, -0.2) is 56.0 Å². The molecule has 2 unspecified atom stereocenters. The Morgan fingerprint density at radius 3 is 2.89 bits per heavy atom. The van der Waals surface area contributed by atoms with Crippen LogP contribution in [0.25, 0.3) is 0 Å². The molecule has 7 heteroatoms. The average molecular weight is 257 g/mol. The molecule has 2 fully saturated rings. The van der Waals surface area contributed by atoms with E-state index in [0.717, 1.165) is 0 Å². The van der Waals surface area contributed by atoms with Crippen molar-refractivity contribution in [2.24, 2.45) is 0 Å². The van der Waals surface area contributed by atoms with Crippen molar-refractivity contribution in [3.8, 4) is 0 Å². The van der Waals surface area contributed by atoms with Crippen molar-refractivity contribution >= 4 is 11.8 Å². The molecular weight excluding hydrogens is 238 g/mol. The SMILES string of the molecule is CC1(C)OCC(CNC(=O)C2CNC(=O)CN2)O1. The molecule has 2 rings (SSSR count). The summed E-state index contributed by atoms with van der Waals surface area (Å²) in [6.07, 6.45) is -0.123. The van der Waals surface area contributed by atoms with E-state index in [-0.39, 0.29) is 30.5 Å². The van der Waals surface area contributed by atoms with Crippen molar-refractivity contribution in [2.45, 2.75) is 31.8 Å². The van der Waals surface area contributed by atoms with E-state index in [9.17, 15) is 9.59 Å². The van der Waals surface area contributed by atoms with Gasteiger partial charge in [0.25, 0.3) is 0 Å². The van der Waals surface area contributed by atoms with Gasteiger partial charge in [-0.1, -0.05) is 0 Å². The number of carbonyl (C=O) groups excluding carboxylic acids is 2. The second-order valence-electron chi connectivity index (χ2n) is 4.93. The van der Waals surface area contributed by atoms with E-state index in [4.69, 9.17) is 9.47 Å². The Balaban J connectivity index is 1.70. The molecule has 2 amide bonds. The van der Waals surface area contributed by atoms with Gasteiger partial charge in [0.15, 0.2) is 5.79 Å². The summed E-state index contributed by atoms with van der Waals surface area (Å²) in [5.41, 5.74) is 0. The molecule has 0 radical (unpaired) electrons. The van der Waals surface area contributed by atoms with E-state index in [1.807, 2.05) is 13.8 Å². The van der Waals surface area contributed by atoms with Gasteiger partial charge in [-0.15, -0.1) is 0 Å². The first-order valence-corrected chi connectivity index (χ1v) is 6.06. The summed E-state index contributed by atoms with van der Waals surface area (Å²) in [5.74, 6) is -0.802. The Kier molecular flexibility index (Phi) is 3.84. The van der Waals surface area contributed by atoms with Crippen LogP contribution < -0.4 is 16.0 Å². The van der Waals surface area contributed by atoms with Crippen molar-refractivity contribution in [3.63, 3.8) is 0 Å². The molecule has 0 saturated carbocycles. The maximum absolute atomic E-state index is 11.8. The first kappa shape index (κ1) is 13.3. The first-order valence-electron chi connectivity index (χ1n) is 6.06. The van der Waals surface area contributed by atoms with Crippen LogP contribution in [0.4, 0.5) is 0 Å². The monoisotopic (exact) mass is 257 g/mol. The summed E-state index contributed by atoms with van der Waals surface area (Å²) in [4.78, 5) is 22.7. The standard InChI is InChI=1S/C11H19N3O4/c1-11(2)17-6-7(18-11)3-14-10(16)8-4-13-9(15)5-12-8/h7-8,12H,3-6H2,1-2H3,(H,13,15)(H,14,16). The zero-order chi connectivity index (χ0) is 13.2. The van der Waals surface area contributed by atoms with Gasteiger partial charge >= 0.3 is 0 Å². The molecular formula is C11H19N3O4. The van der Waals surface area contributed by atoms with E-state index in [1.54, 1.807) is 0 Å². The van der Waals surface area contributed by atoms with E-state index in [1.165, 1.54) is 0 Å². The molecule has 0 aromatic rings. The largest absolute Gasteiger partial charge is 0.353 e. The highest BCUT2D eigenvalue weighted by Crippen LogP contribution is 2.21. The first-order chi connectivity index (χ1) is 8.46.